The molecule has 1 aliphatic heterocycles. The molecule has 2 aromatic carbocycles. The molecule has 0 saturated carbocycles. The third-order valence-corrected chi connectivity index (χ3v) is 5.01. The van der Waals surface area contributed by atoms with Gasteiger partial charge in [0.05, 0.1) is 6.54 Å². The van der Waals surface area contributed by atoms with E-state index in [1.165, 1.54) is 5.56 Å². The number of benzene rings is 2. The summed E-state index contributed by atoms with van der Waals surface area (Å²) in [5.74, 6) is 0.137. The van der Waals surface area contributed by atoms with E-state index in [4.69, 9.17) is 0 Å². The standard InChI is InChI=1S/C22H27N3O2/c1-4-24(15-17-9-11-19(12-10-17)22(27)23(2)3)16-21(26)25-14-13-18-7-5-6-8-20(18)25/h5-12H,4,13-16H2,1-3H3. The quantitative estimate of drug-likeness (QED) is 0.791. The highest BCUT2D eigenvalue weighted by Gasteiger charge is 2.25. The third-order valence-electron chi connectivity index (χ3n) is 5.01. The van der Waals surface area contributed by atoms with Gasteiger partial charge in [0, 0.05) is 38.4 Å². The van der Waals surface area contributed by atoms with Crippen LogP contribution in [0.2, 0.25) is 0 Å². The van der Waals surface area contributed by atoms with Crippen LogP contribution in [-0.2, 0) is 17.8 Å². The van der Waals surface area contributed by atoms with Gasteiger partial charge < -0.3 is 9.80 Å². The molecule has 0 spiro atoms. The molecule has 0 fully saturated rings. The molecule has 1 aliphatic rings. The largest absolute Gasteiger partial charge is 0.345 e. The average molecular weight is 365 g/mol. The number of hydrogen-bond donors (Lipinski definition) is 0. The molecule has 5 heteroatoms. The van der Waals surface area contributed by atoms with Crippen molar-refractivity contribution in [1.29, 1.82) is 0 Å². The Hall–Kier alpha value is -2.66. The highest BCUT2D eigenvalue weighted by Crippen LogP contribution is 2.27. The van der Waals surface area contributed by atoms with Gasteiger partial charge in [-0.1, -0.05) is 37.3 Å². The lowest BCUT2D eigenvalue weighted by molar-refractivity contribution is -0.119. The predicted octanol–water partition coefficient (Wildman–Crippen LogP) is 2.80. The van der Waals surface area contributed by atoms with Gasteiger partial charge in [0.2, 0.25) is 5.91 Å². The van der Waals surface area contributed by atoms with Gasteiger partial charge in [0.15, 0.2) is 0 Å². The maximum atomic E-state index is 12.8. The van der Waals surface area contributed by atoms with E-state index in [-0.39, 0.29) is 11.8 Å². The van der Waals surface area contributed by atoms with E-state index < -0.39 is 0 Å². The van der Waals surface area contributed by atoms with Crippen molar-refractivity contribution in [2.24, 2.45) is 0 Å². The van der Waals surface area contributed by atoms with Gasteiger partial charge in [-0.25, -0.2) is 0 Å². The highest BCUT2D eigenvalue weighted by atomic mass is 16.2. The van der Waals surface area contributed by atoms with E-state index in [1.54, 1.807) is 19.0 Å². The Morgan fingerprint density at radius 2 is 1.74 bits per heavy atom. The smallest absolute Gasteiger partial charge is 0.253 e. The van der Waals surface area contributed by atoms with Crippen LogP contribution in [0, 0.1) is 0 Å². The van der Waals surface area contributed by atoms with Crippen molar-refractivity contribution < 1.29 is 9.59 Å². The number of likely N-dealkylation sites (N-methyl/N-ethyl adjacent to an activating group) is 1. The van der Waals surface area contributed by atoms with E-state index >= 15 is 0 Å². The maximum absolute atomic E-state index is 12.8. The number of para-hydroxylation sites is 1. The number of fused-ring (bicyclic) bond motifs is 1. The molecule has 1 heterocycles. The fourth-order valence-electron chi connectivity index (χ4n) is 3.42. The Balaban J connectivity index is 1.63. The molecule has 0 saturated heterocycles. The van der Waals surface area contributed by atoms with Crippen LogP contribution in [0.4, 0.5) is 5.69 Å². The fourth-order valence-corrected chi connectivity index (χ4v) is 3.42. The van der Waals surface area contributed by atoms with Crippen molar-refractivity contribution in [2.45, 2.75) is 19.9 Å². The summed E-state index contributed by atoms with van der Waals surface area (Å²) in [7, 11) is 3.49. The molecular weight excluding hydrogens is 338 g/mol. The summed E-state index contributed by atoms with van der Waals surface area (Å²) in [6.07, 6.45) is 0.926. The van der Waals surface area contributed by atoms with Crippen LogP contribution >= 0.6 is 0 Å². The number of amides is 2. The minimum absolute atomic E-state index is 0.00299. The van der Waals surface area contributed by atoms with E-state index in [1.807, 2.05) is 47.4 Å². The maximum Gasteiger partial charge on any atom is 0.253 e. The Morgan fingerprint density at radius 3 is 2.41 bits per heavy atom. The topological polar surface area (TPSA) is 43.9 Å². The lowest BCUT2D eigenvalue weighted by Gasteiger charge is -2.24. The van der Waals surface area contributed by atoms with Gasteiger partial charge in [-0.3, -0.25) is 14.5 Å². The molecule has 0 atom stereocenters. The number of anilines is 1. The number of carbonyl (C=O) groups is 2. The number of carbonyl (C=O) groups excluding carboxylic acids is 2. The van der Waals surface area contributed by atoms with Gasteiger partial charge in [0.1, 0.15) is 0 Å². The summed E-state index contributed by atoms with van der Waals surface area (Å²) >= 11 is 0. The number of nitrogens with zero attached hydrogens (tertiary/aromatic N) is 3. The minimum atomic E-state index is -0.00299. The minimum Gasteiger partial charge on any atom is -0.345 e. The van der Waals surface area contributed by atoms with E-state index in [0.717, 1.165) is 30.8 Å². The van der Waals surface area contributed by atoms with E-state index in [0.29, 0.717) is 18.7 Å². The molecular formula is C22H27N3O2. The first kappa shape index (κ1) is 19.1. The molecule has 0 N–H and O–H groups in total. The Bertz CT molecular complexity index is 815. The number of rotatable bonds is 6. The second-order valence-electron chi connectivity index (χ2n) is 7.12. The summed E-state index contributed by atoms with van der Waals surface area (Å²) in [4.78, 5) is 30.4. The lowest BCUT2D eigenvalue weighted by Crippen LogP contribution is -2.39. The zero-order valence-corrected chi connectivity index (χ0v) is 16.3. The van der Waals surface area contributed by atoms with Crippen LogP contribution in [0.1, 0.15) is 28.4 Å². The molecule has 142 valence electrons. The molecule has 0 aromatic heterocycles. The van der Waals surface area contributed by atoms with E-state index in [9.17, 15) is 9.59 Å². The molecule has 27 heavy (non-hydrogen) atoms. The molecule has 2 amide bonds. The third kappa shape index (κ3) is 4.37. The van der Waals surface area contributed by atoms with Gasteiger partial charge >= 0.3 is 0 Å². The summed E-state index contributed by atoms with van der Waals surface area (Å²) in [6, 6.07) is 15.8. The zero-order valence-electron chi connectivity index (χ0n) is 16.3. The van der Waals surface area contributed by atoms with Crippen LogP contribution in [0.5, 0.6) is 0 Å². The van der Waals surface area contributed by atoms with Crippen molar-refractivity contribution in [1.82, 2.24) is 9.80 Å². The molecule has 3 rings (SSSR count). The number of hydrogen-bond acceptors (Lipinski definition) is 3. The van der Waals surface area contributed by atoms with Crippen LogP contribution in [0.15, 0.2) is 48.5 Å². The second-order valence-corrected chi connectivity index (χ2v) is 7.12. The average Bonchev–Trinajstić information content (AvgIpc) is 3.11. The first-order valence-corrected chi connectivity index (χ1v) is 9.40. The van der Waals surface area contributed by atoms with Crippen LogP contribution in [0.3, 0.4) is 0 Å². The first-order chi connectivity index (χ1) is 13.0. The monoisotopic (exact) mass is 365 g/mol. The SMILES string of the molecule is CCN(CC(=O)N1CCc2ccccc21)Cc1ccc(C(=O)N(C)C)cc1. The summed E-state index contributed by atoms with van der Waals surface area (Å²) in [5, 5.41) is 0. The molecule has 2 aromatic rings. The molecule has 0 unspecified atom stereocenters. The first-order valence-electron chi connectivity index (χ1n) is 9.40. The van der Waals surface area contributed by atoms with Gasteiger partial charge in [0.25, 0.3) is 5.91 Å². The van der Waals surface area contributed by atoms with Crippen LogP contribution in [0.25, 0.3) is 0 Å². The van der Waals surface area contributed by atoms with Crippen molar-refractivity contribution in [2.75, 3.05) is 38.6 Å². The summed E-state index contributed by atoms with van der Waals surface area (Å²) in [5.41, 5.74) is 4.07. The Labute approximate surface area is 161 Å². The van der Waals surface area contributed by atoms with E-state index in [2.05, 4.69) is 17.9 Å². The van der Waals surface area contributed by atoms with Gasteiger partial charge in [-0.15, -0.1) is 0 Å². The predicted molar refractivity (Wildman–Crippen MR) is 108 cm³/mol. The van der Waals surface area contributed by atoms with Gasteiger partial charge in [-0.2, -0.15) is 0 Å². The summed E-state index contributed by atoms with van der Waals surface area (Å²) < 4.78 is 0. The molecule has 0 radical (unpaired) electrons. The van der Waals surface area contributed by atoms with Crippen LogP contribution in [-0.4, -0.2) is 55.3 Å². The molecule has 0 bridgehead atoms. The fraction of sp³-hybridized carbons (Fsp3) is 0.364. The summed E-state index contributed by atoms with van der Waals surface area (Å²) in [6.45, 7) is 4.70. The Kier molecular flexibility index (Phi) is 5.91. The zero-order chi connectivity index (χ0) is 19.4. The van der Waals surface area contributed by atoms with Crippen molar-refractivity contribution >= 4 is 17.5 Å². The second kappa shape index (κ2) is 8.35. The highest BCUT2D eigenvalue weighted by molar-refractivity contribution is 5.96. The van der Waals surface area contributed by atoms with Crippen LogP contribution < -0.4 is 4.90 Å². The molecule has 0 aliphatic carbocycles. The van der Waals surface area contributed by atoms with Crippen molar-refractivity contribution in [3.63, 3.8) is 0 Å². The van der Waals surface area contributed by atoms with Crippen molar-refractivity contribution in [3.05, 3.63) is 65.2 Å². The van der Waals surface area contributed by atoms with Crippen molar-refractivity contribution in [3.8, 4) is 0 Å². The lowest BCUT2D eigenvalue weighted by atomic mass is 10.1. The Morgan fingerprint density at radius 1 is 1.04 bits per heavy atom. The normalized spacial score (nSPS) is 13.0. The van der Waals surface area contributed by atoms with Gasteiger partial charge in [-0.05, 0) is 42.3 Å². The molecule has 5 nitrogen and oxygen atoms in total.